The first-order valence-corrected chi connectivity index (χ1v) is 5.08. The number of para-hydroxylation sites is 1. The summed E-state index contributed by atoms with van der Waals surface area (Å²) >= 11 is 0. The van der Waals surface area contributed by atoms with Crippen LogP contribution in [0, 0.1) is 11.9 Å². The molecule has 0 spiro atoms. The molecule has 0 atom stereocenters. The van der Waals surface area contributed by atoms with Gasteiger partial charge < -0.3 is 4.57 Å². The van der Waals surface area contributed by atoms with Gasteiger partial charge >= 0.3 is 0 Å². The zero-order chi connectivity index (χ0) is 11.0. The lowest BCUT2D eigenvalue weighted by Crippen LogP contribution is -1.91. The van der Waals surface area contributed by atoms with Crippen LogP contribution in [0.5, 0.6) is 0 Å². The van der Waals surface area contributed by atoms with Crippen molar-refractivity contribution in [3.8, 4) is 5.69 Å². The van der Waals surface area contributed by atoms with E-state index >= 15 is 0 Å². The van der Waals surface area contributed by atoms with Crippen molar-refractivity contribution in [2.75, 3.05) is 0 Å². The number of nitrogens with zero attached hydrogens (tertiary/aromatic N) is 1. The van der Waals surface area contributed by atoms with E-state index in [0.29, 0.717) is 0 Å². The Morgan fingerprint density at radius 3 is 2.75 bits per heavy atom. The lowest BCUT2D eigenvalue weighted by molar-refractivity contribution is 0.627. The number of fused-ring (bicyclic) bond motifs is 1. The van der Waals surface area contributed by atoms with Crippen molar-refractivity contribution in [2.24, 2.45) is 0 Å². The van der Waals surface area contributed by atoms with Gasteiger partial charge in [0.05, 0.1) is 5.52 Å². The Morgan fingerprint density at radius 1 is 1.00 bits per heavy atom. The molecule has 0 saturated heterocycles. The van der Waals surface area contributed by atoms with Crippen molar-refractivity contribution in [1.82, 2.24) is 4.57 Å². The summed E-state index contributed by atoms with van der Waals surface area (Å²) in [4.78, 5) is 0. The van der Waals surface area contributed by atoms with E-state index in [0.717, 1.165) is 16.6 Å². The molecule has 2 aromatic carbocycles. The molecule has 1 nitrogen and oxygen atoms in total. The van der Waals surface area contributed by atoms with Gasteiger partial charge in [-0.05, 0) is 24.3 Å². The second-order valence-corrected chi connectivity index (χ2v) is 3.64. The van der Waals surface area contributed by atoms with Gasteiger partial charge in [-0.2, -0.15) is 0 Å². The number of halogens is 1. The van der Waals surface area contributed by atoms with E-state index in [4.69, 9.17) is 0 Å². The first kappa shape index (κ1) is 9.16. The van der Waals surface area contributed by atoms with Crippen LogP contribution < -0.4 is 0 Å². The third-order valence-corrected chi connectivity index (χ3v) is 2.60. The predicted octanol–water partition coefficient (Wildman–Crippen LogP) is 3.57. The van der Waals surface area contributed by atoms with Crippen LogP contribution in [-0.4, -0.2) is 4.57 Å². The largest absolute Gasteiger partial charge is 0.316 e. The Balaban J connectivity index is 2.26. The molecule has 0 fully saturated rings. The van der Waals surface area contributed by atoms with E-state index < -0.39 is 0 Å². The SMILES string of the molecule is Fc1cccc(-n2c[c]c3ccccc32)c1. The molecule has 2 heteroatoms. The van der Waals surface area contributed by atoms with Gasteiger partial charge in [-0.3, -0.25) is 0 Å². The maximum Gasteiger partial charge on any atom is 0.125 e. The van der Waals surface area contributed by atoms with E-state index in [1.165, 1.54) is 12.1 Å². The van der Waals surface area contributed by atoms with Crippen LogP contribution in [0.3, 0.4) is 0 Å². The molecule has 0 aliphatic carbocycles. The molecular formula is C14H9FN. The quantitative estimate of drug-likeness (QED) is 0.578. The van der Waals surface area contributed by atoms with Gasteiger partial charge in [-0.15, -0.1) is 0 Å². The molecule has 1 aromatic heterocycles. The minimum absolute atomic E-state index is 0.227. The molecule has 0 aliphatic heterocycles. The summed E-state index contributed by atoms with van der Waals surface area (Å²) < 4.78 is 15.1. The molecule has 1 heterocycles. The van der Waals surface area contributed by atoms with Gasteiger partial charge in [-0.1, -0.05) is 24.3 Å². The number of rotatable bonds is 1. The van der Waals surface area contributed by atoms with Crippen molar-refractivity contribution in [3.63, 3.8) is 0 Å². The second-order valence-electron chi connectivity index (χ2n) is 3.64. The number of benzene rings is 2. The number of hydrogen-bond donors (Lipinski definition) is 0. The topological polar surface area (TPSA) is 4.93 Å². The molecule has 77 valence electrons. The Morgan fingerprint density at radius 2 is 1.88 bits per heavy atom. The Labute approximate surface area is 92.8 Å². The molecule has 3 aromatic rings. The smallest absolute Gasteiger partial charge is 0.125 e. The summed E-state index contributed by atoms with van der Waals surface area (Å²) in [6, 6.07) is 17.6. The van der Waals surface area contributed by atoms with E-state index in [9.17, 15) is 4.39 Å². The van der Waals surface area contributed by atoms with Crippen molar-refractivity contribution in [1.29, 1.82) is 0 Å². The molecule has 0 N–H and O–H groups in total. The molecule has 0 bridgehead atoms. The highest BCUT2D eigenvalue weighted by atomic mass is 19.1. The highest BCUT2D eigenvalue weighted by molar-refractivity contribution is 5.81. The van der Waals surface area contributed by atoms with Crippen molar-refractivity contribution in [3.05, 3.63) is 66.6 Å². The first-order valence-electron chi connectivity index (χ1n) is 5.08. The lowest BCUT2D eigenvalue weighted by Gasteiger charge is -2.04. The lowest BCUT2D eigenvalue weighted by atomic mass is 10.2. The maximum atomic E-state index is 13.1. The maximum absolute atomic E-state index is 13.1. The van der Waals surface area contributed by atoms with Gasteiger partial charge in [0.25, 0.3) is 0 Å². The van der Waals surface area contributed by atoms with Gasteiger partial charge in [0.2, 0.25) is 0 Å². The zero-order valence-electron chi connectivity index (χ0n) is 8.52. The second kappa shape index (κ2) is 3.49. The van der Waals surface area contributed by atoms with Crippen LogP contribution in [0.4, 0.5) is 4.39 Å². The average molecular weight is 210 g/mol. The van der Waals surface area contributed by atoms with Crippen LogP contribution in [-0.2, 0) is 0 Å². The number of aromatic nitrogens is 1. The Hall–Kier alpha value is -2.09. The summed E-state index contributed by atoms with van der Waals surface area (Å²) in [7, 11) is 0. The van der Waals surface area contributed by atoms with Gasteiger partial charge in [0.1, 0.15) is 5.82 Å². The standard InChI is InChI=1S/C14H9FN/c15-12-5-3-6-13(10-12)16-9-8-11-4-1-2-7-14(11)16/h1-7,9-10H. The minimum atomic E-state index is -0.227. The fraction of sp³-hybridized carbons (Fsp3) is 0. The summed E-state index contributed by atoms with van der Waals surface area (Å²) in [6.07, 6.45) is 1.83. The normalized spacial score (nSPS) is 10.8. The van der Waals surface area contributed by atoms with E-state index in [-0.39, 0.29) is 5.82 Å². The summed E-state index contributed by atoms with van der Waals surface area (Å²) in [5.41, 5.74) is 1.85. The fourth-order valence-electron chi connectivity index (χ4n) is 1.85. The van der Waals surface area contributed by atoms with E-state index in [2.05, 4.69) is 6.07 Å². The fourth-order valence-corrected chi connectivity index (χ4v) is 1.85. The van der Waals surface area contributed by atoms with Crippen LogP contribution in [0.2, 0.25) is 0 Å². The van der Waals surface area contributed by atoms with Crippen LogP contribution in [0.15, 0.2) is 54.7 Å². The van der Waals surface area contributed by atoms with Gasteiger partial charge in [-0.25, -0.2) is 4.39 Å². The van der Waals surface area contributed by atoms with Crippen molar-refractivity contribution in [2.45, 2.75) is 0 Å². The highest BCUT2D eigenvalue weighted by Crippen LogP contribution is 2.19. The van der Waals surface area contributed by atoms with Gasteiger partial charge in [0, 0.05) is 23.3 Å². The molecule has 16 heavy (non-hydrogen) atoms. The minimum Gasteiger partial charge on any atom is -0.316 e. The molecule has 0 aliphatic rings. The summed E-state index contributed by atoms with van der Waals surface area (Å²) in [5, 5.41) is 1.03. The zero-order valence-corrected chi connectivity index (χ0v) is 8.52. The molecule has 0 unspecified atom stereocenters. The summed E-state index contributed by atoms with van der Waals surface area (Å²) in [5.74, 6) is -0.227. The van der Waals surface area contributed by atoms with Crippen LogP contribution in [0.1, 0.15) is 0 Å². The van der Waals surface area contributed by atoms with Crippen molar-refractivity contribution >= 4 is 10.9 Å². The Bertz CT molecular complexity index is 640. The van der Waals surface area contributed by atoms with Crippen molar-refractivity contribution < 1.29 is 4.39 Å². The number of hydrogen-bond acceptors (Lipinski definition) is 0. The third-order valence-electron chi connectivity index (χ3n) is 2.60. The first-order chi connectivity index (χ1) is 7.84. The monoisotopic (exact) mass is 210 g/mol. The van der Waals surface area contributed by atoms with Crippen LogP contribution >= 0.6 is 0 Å². The van der Waals surface area contributed by atoms with E-state index in [1.54, 1.807) is 6.07 Å². The predicted molar refractivity (Wildman–Crippen MR) is 62.1 cm³/mol. The van der Waals surface area contributed by atoms with E-state index in [1.807, 2.05) is 41.1 Å². The molecule has 0 amide bonds. The molecule has 0 saturated carbocycles. The average Bonchev–Trinajstić information content (AvgIpc) is 2.72. The molecule has 1 radical (unpaired) electrons. The van der Waals surface area contributed by atoms with Crippen LogP contribution in [0.25, 0.3) is 16.6 Å². The third kappa shape index (κ3) is 1.39. The van der Waals surface area contributed by atoms with Gasteiger partial charge in [0.15, 0.2) is 0 Å². The molecule has 3 rings (SSSR count). The Kier molecular flexibility index (Phi) is 2.00. The summed E-state index contributed by atoms with van der Waals surface area (Å²) in [6.45, 7) is 0. The molecular weight excluding hydrogens is 201 g/mol. The highest BCUT2D eigenvalue weighted by Gasteiger charge is 2.02.